The maximum Gasteiger partial charge on any atom is 0.228 e. The highest BCUT2D eigenvalue weighted by Gasteiger charge is 2.20. The van der Waals surface area contributed by atoms with Gasteiger partial charge < -0.3 is 15.5 Å². The lowest BCUT2D eigenvalue weighted by Gasteiger charge is -2.22. The molecule has 2 heterocycles. The molecule has 20 heavy (non-hydrogen) atoms. The van der Waals surface area contributed by atoms with Crippen LogP contribution in [0.15, 0.2) is 24.3 Å². The van der Waals surface area contributed by atoms with Gasteiger partial charge in [0, 0.05) is 31.0 Å². The first-order valence-corrected chi connectivity index (χ1v) is 7.69. The molecule has 0 spiro atoms. The third-order valence-corrected chi connectivity index (χ3v) is 4.27. The highest BCUT2D eigenvalue weighted by Crippen LogP contribution is 2.22. The van der Waals surface area contributed by atoms with Gasteiger partial charge >= 0.3 is 0 Å². The van der Waals surface area contributed by atoms with Gasteiger partial charge in [0.05, 0.1) is 5.92 Å². The van der Waals surface area contributed by atoms with Crippen molar-refractivity contribution in [3.05, 3.63) is 24.3 Å². The lowest BCUT2D eigenvalue weighted by Crippen LogP contribution is -2.37. The van der Waals surface area contributed by atoms with Crippen molar-refractivity contribution < 1.29 is 4.79 Å². The zero-order chi connectivity index (χ0) is 13.8. The van der Waals surface area contributed by atoms with E-state index < -0.39 is 0 Å². The molecule has 108 valence electrons. The van der Waals surface area contributed by atoms with E-state index in [-0.39, 0.29) is 11.8 Å². The van der Waals surface area contributed by atoms with Crippen molar-refractivity contribution in [2.45, 2.75) is 25.7 Å². The third kappa shape index (κ3) is 3.12. The lowest BCUT2D eigenvalue weighted by atomic mass is 9.99. The molecule has 4 nitrogen and oxygen atoms in total. The second-order valence-electron chi connectivity index (χ2n) is 5.77. The molecule has 1 unspecified atom stereocenters. The highest BCUT2D eigenvalue weighted by molar-refractivity contribution is 5.92. The summed E-state index contributed by atoms with van der Waals surface area (Å²) in [6.45, 7) is 4.14. The summed E-state index contributed by atoms with van der Waals surface area (Å²) in [6.07, 6.45) is 4.65. The van der Waals surface area contributed by atoms with Crippen molar-refractivity contribution in [1.82, 2.24) is 5.32 Å². The molecule has 4 heteroatoms. The quantitative estimate of drug-likeness (QED) is 0.887. The van der Waals surface area contributed by atoms with Crippen molar-refractivity contribution in [2.24, 2.45) is 5.92 Å². The van der Waals surface area contributed by atoms with E-state index in [1.807, 2.05) is 12.1 Å². The van der Waals surface area contributed by atoms with Crippen molar-refractivity contribution in [3.8, 4) is 0 Å². The molecule has 2 N–H and O–H groups in total. The van der Waals surface area contributed by atoms with Crippen LogP contribution in [0.4, 0.5) is 11.4 Å². The Kier molecular flexibility index (Phi) is 4.21. The van der Waals surface area contributed by atoms with Gasteiger partial charge in [0.1, 0.15) is 0 Å². The predicted molar refractivity (Wildman–Crippen MR) is 82.1 cm³/mol. The average Bonchev–Trinajstić information content (AvgIpc) is 3.03. The summed E-state index contributed by atoms with van der Waals surface area (Å²) in [4.78, 5) is 14.5. The summed E-state index contributed by atoms with van der Waals surface area (Å²) in [7, 11) is 0. The molecule has 1 amide bonds. The standard InChI is InChI=1S/C16H23N3O/c20-16(13-4-3-9-17-12-13)18-14-5-7-15(8-6-14)19-10-1-2-11-19/h5-8,13,17H,1-4,9-12H2,(H,18,20). The molecule has 0 radical (unpaired) electrons. The van der Waals surface area contributed by atoms with Crippen LogP contribution in [0.25, 0.3) is 0 Å². The average molecular weight is 273 g/mol. The van der Waals surface area contributed by atoms with Crippen LogP contribution in [0, 0.1) is 5.92 Å². The van der Waals surface area contributed by atoms with E-state index in [0.717, 1.165) is 44.7 Å². The van der Waals surface area contributed by atoms with Crippen LogP contribution < -0.4 is 15.5 Å². The van der Waals surface area contributed by atoms with Gasteiger partial charge in [0.2, 0.25) is 5.91 Å². The molecule has 2 saturated heterocycles. The molecular formula is C16H23N3O. The fourth-order valence-electron chi connectivity index (χ4n) is 3.05. The number of rotatable bonds is 3. The molecule has 2 fully saturated rings. The summed E-state index contributed by atoms with van der Waals surface area (Å²) in [5.41, 5.74) is 2.17. The van der Waals surface area contributed by atoms with Crippen LogP contribution in [0.1, 0.15) is 25.7 Å². The van der Waals surface area contributed by atoms with Crippen LogP contribution in [-0.2, 0) is 4.79 Å². The number of nitrogens with one attached hydrogen (secondary N) is 2. The third-order valence-electron chi connectivity index (χ3n) is 4.27. The normalized spacial score (nSPS) is 22.8. The Morgan fingerprint density at radius 2 is 1.90 bits per heavy atom. The predicted octanol–water partition coefficient (Wildman–Crippen LogP) is 2.22. The minimum absolute atomic E-state index is 0.113. The Balaban J connectivity index is 1.58. The highest BCUT2D eigenvalue weighted by atomic mass is 16.1. The van der Waals surface area contributed by atoms with Crippen LogP contribution in [0.2, 0.25) is 0 Å². The van der Waals surface area contributed by atoms with Gasteiger partial charge in [-0.3, -0.25) is 4.79 Å². The molecule has 3 rings (SSSR count). The van der Waals surface area contributed by atoms with E-state index in [0.29, 0.717) is 0 Å². The number of nitrogens with zero attached hydrogens (tertiary/aromatic N) is 1. The van der Waals surface area contributed by atoms with Crippen LogP contribution in [0.5, 0.6) is 0 Å². The molecule has 0 aromatic heterocycles. The molecule has 2 aliphatic heterocycles. The Bertz CT molecular complexity index is 445. The second-order valence-corrected chi connectivity index (χ2v) is 5.77. The van der Waals surface area contributed by atoms with Crippen molar-refractivity contribution in [1.29, 1.82) is 0 Å². The minimum atomic E-state index is 0.113. The van der Waals surface area contributed by atoms with E-state index in [4.69, 9.17) is 0 Å². The second kappa shape index (κ2) is 6.27. The zero-order valence-electron chi connectivity index (χ0n) is 11.9. The van der Waals surface area contributed by atoms with E-state index in [1.165, 1.54) is 18.5 Å². The summed E-state index contributed by atoms with van der Waals surface area (Å²) >= 11 is 0. The number of piperidine rings is 1. The van der Waals surface area contributed by atoms with Gasteiger partial charge in [-0.15, -0.1) is 0 Å². The molecule has 1 aromatic rings. The number of hydrogen-bond donors (Lipinski definition) is 2. The number of carbonyl (C=O) groups is 1. The number of benzene rings is 1. The Labute approximate surface area is 120 Å². The Morgan fingerprint density at radius 3 is 2.55 bits per heavy atom. The van der Waals surface area contributed by atoms with E-state index in [9.17, 15) is 4.79 Å². The summed E-state index contributed by atoms with van der Waals surface area (Å²) in [5.74, 6) is 0.258. The van der Waals surface area contributed by atoms with E-state index in [1.54, 1.807) is 0 Å². The monoisotopic (exact) mass is 273 g/mol. The first kappa shape index (κ1) is 13.4. The fourth-order valence-corrected chi connectivity index (χ4v) is 3.05. The van der Waals surface area contributed by atoms with Gasteiger partial charge in [-0.05, 0) is 56.5 Å². The number of hydrogen-bond acceptors (Lipinski definition) is 3. The van der Waals surface area contributed by atoms with Crippen LogP contribution >= 0.6 is 0 Å². The first-order valence-electron chi connectivity index (χ1n) is 7.69. The molecule has 1 aromatic carbocycles. The van der Waals surface area contributed by atoms with Crippen LogP contribution in [-0.4, -0.2) is 32.1 Å². The first-order chi connectivity index (χ1) is 9.83. The molecule has 1 atom stereocenters. The SMILES string of the molecule is O=C(Nc1ccc(N2CCCC2)cc1)C1CCCNC1. The van der Waals surface area contributed by atoms with Gasteiger partial charge in [0.15, 0.2) is 0 Å². The van der Waals surface area contributed by atoms with Crippen LogP contribution in [0.3, 0.4) is 0 Å². The fraction of sp³-hybridized carbons (Fsp3) is 0.562. The summed E-state index contributed by atoms with van der Waals surface area (Å²) in [6, 6.07) is 8.25. The maximum absolute atomic E-state index is 12.1. The maximum atomic E-state index is 12.1. The zero-order valence-corrected chi connectivity index (χ0v) is 11.9. The topological polar surface area (TPSA) is 44.4 Å². The number of carbonyl (C=O) groups excluding carboxylic acids is 1. The molecule has 0 saturated carbocycles. The Hall–Kier alpha value is -1.55. The van der Waals surface area contributed by atoms with Gasteiger partial charge in [-0.2, -0.15) is 0 Å². The van der Waals surface area contributed by atoms with Crippen molar-refractivity contribution in [3.63, 3.8) is 0 Å². The van der Waals surface area contributed by atoms with Crippen molar-refractivity contribution in [2.75, 3.05) is 36.4 Å². The lowest BCUT2D eigenvalue weighted by molar-refractivity contribution is -0.120. The van der Waals surface area contributed by atoms with Gasteiger partial charge in [-0.25, -0.2) is 0 Å². The van der Waals surface area contributed by atoms with Gasteiger partial charge in [0.25, 0.3) is 0 Å². The Morgan fingerprint density at radius 1 is 1.15 bits per heavy atom. The van der Waals surface area contributed by atoms with Crippen molar-refractivity contribution >= 4 is 17.3 Å². The van der Waals surface area contributed by atoms with E-state index in [2.05, 4.69) is 27.7 Å². The number of amides is 1. The summed E-state index contributed by atoms with van der Waals surface area (Å²) < 4.78 is 0. The molecule has 0 aliphatic carbocycles. The molecule has 2 aliphatic rings. The molecule has 0 bridgehead atoms. The summed E-state index contributed by atoms with van der Waals surface area (Å²) in [5, 5.41) is 6.31. The van der Waals surface area contributed by atoms with Gasteiger partial charge in [-0.1, -0.05) is 0 Å². The largest absolute Gasteiger partial charge is 0.372 e. The molecular weight excluding hydrogens is 250 g/mol. The number of anilines is 2. The smallest absolute Gasteiger partial charge is 0.228 e. The minimum Gasteiger partial charge on any atom is -0.372 e. The van der Waals surface area contributed by atoms with E-state index >= 15 is 0 Å².